The van der Waals surface area contributed by atoms with E-state index in [2.05, 4.69) is 4.98 Å². The Bertz CT molecular complexity index is 821. The van der Waals surface area contributed by atoms with Crippen LogP contribution in [0.1, 0.15) is 28.5 Å². The molecular formula is C19H19NO3. The van der Waals surface area contributed by atoms with Crippen molar-refractivity contribution in [3.63, 3.8) is 0 Å². The molecule has 2 aromatic carbocycles. The molecule has 0 aliphatic rings. The van der Waals surface area contributed by atoms with Crippen molar-refractivity contribution in [2.45, 2.75) is 20.5 Å². The summed E-state index contributed by atoms with van der Waals surface area (Å²) in [5, 5.41) is 1.00. The van der Waals surface area contributed by atoms with Gasteiger partial charge in [0.05, 0.1) is 6.61 Å². The molecule has 3 rings (SSSR count). The van der Waals surface area contributed by atoms with Crippen LogP contribution >= 0.6 is 0 Å². The minimum Gasteiger partial charge on any atom is -0.489 e. The van der Waals surface area contributed by atoms with Crippen LogP contribution in [-0.4, -0.2) is 17.6 Å². The molecular weight excluding hydrogens is 290 g/mol. The van der Waals surface area contributed by atoms with Gasteiger partial charge in [-0.15, -0.1) is 0 Å². The summed E-state index contributed by atoms with van der Waals surface area (Å²) in [6.07, 6.45) is 0. The van der Waals surface area contributed by atoms with Crippen molar-refractivity contribution < 1.29 is 14.3 Å². The zero-order chi connectivity index (χ0) is 16.2. The molecule has 0 radical (unpaired) electrons. The number of carbonyl (C=O) groups is 1. The van der Waals surface area contributed by atoms with Gasteiger partial charge in [-0.25, -0.2) is 4.79 Å². The number of hydrogen-bond donors (Lipinski definition) is 1. The number of rotatable bonds is 5. The summed E-state index contributed by atoms with van der Waals surface area (Å²) in [5.41, 5.74) is 3.50. The van der Waals surface area contributed by atoms with E-state index in [0.29, 0.717) is 18.9 Å². The second-order valence-corrected chi connectivity index (χ2v) is 5.38. The molecule has 0 aliphatic heterocycles. The zero-order valence-corrected chi connectivity index (χ0v) is 13.3. The number of esters is 1. The molecule has 1 heterocycles. The molecule has 4 nitrogen and oxygen atoms in total. The van der Waals surface area contributed by atoms with Gasteiger partial charge >= 0.3 is 5.97 Å². The third-order valence-electron chi connectivity index (χ3n) is 3.66. The Morgan fingerprint density at radius 1 is 1.13 bits per heavy atom. The standard InChI is InChI=1S/C19H19NO3/c1-3-22-19(21)18-11-16-13(2)9-15(10-17(16)20-18)23-12-14-7-5-4-6-8-14/h4-11,20H,3,12H2,1-2H3. The number of hydrogen-bond acceptors (Lipinski definition) is 3. The van der Waals surface area contributed by atoms with Crippen LogP contribution in [0.25, 0.3) is 10.9 Å². The SMILES string of the molecule is CCOC(=O)c1cc2c(C)cc(OCc3ccccc3)cc2[nH]1. The number of benzene rings is 2. The summed E-state index contributed by atoms with van der Waals surface area (Å²) in [6.45, 7) is 4.66. The molecule has 0 fully saturated rings. The van der Waals surface area contributed by atoms with E-state index in [0.717, 1.165) is 27.8 Å². The monoisotopic (exact) mass is 309 g/mol. The highest BCUT2D eigenvalue weighted by molar-refractivity contribution is 5.96. The molecule has 23 heavy (non-hydrogen) atoms. The van der Waals surface area contributed by atoms with Crippen molar-refractivity contribution in [3.05, 3.63) is 65.4 Å². The molecule has 0 bridgehead atoms. The van der Waals surface area contributed by atoms with E-state index in [-0.39, 0.29) is 5.97 Å². The fourth-order valence-corrected chi connectivity index (χ4v) is 2.53. The van der Waals surface area contributed by atoms with Crippen LogP contribution in [0.3, 0.4) is 0 Å². The van der Waals surface area contributed by atoms with Gasteiger partial charge in [-0.1, -0.05) is 30.3 Å². The van der Waals surface area contributed by atoms with Gasteiger partial charge < -0.3 is 14.5 Å². The maximum atomic E-state index is 11.8. The van der Waals surface area contributed by atoms with Crippen molar-refractivity contribution >= 4 is 16.9 Å². The van der Waals surface area contributed by atoms with Gasteiger partial charge in [-0.05, 0) is 37.1 Å². The zero-order valence-electron chi connectivity index (χ0n) is 13.3. The third kappa shape index (κ3) is 3.37. The van der Waals surface area contributed by atoms with Gasteiger partial charge in [0.15, 0.2) is 0 Å². The van der Waals surface area contributed by atoms with Gasteiger partial charge in [0.1, 0.15) is 18.1 Å². The summed E-state index contributed by atoms with van der Waals surface area (Å²) in [5.74, 6) is 0.436. The smallest absolute Gasteiger partial charge is 0.354 e. The van der Waals surface area contributed by atoms with Crippen LogP contribution < -0.4 is 4.74 Å². The van der Waals surface area contributed by atoms with E-state index < -0.39 is 0 Å². The molecule has 0 saturated heterocycles. The molecule has 0 amide bonds. The average Bonchev–Trinajstić information content (AvgIpc) is 2.99. The Hall–Kier alpha value is -2.75. The summed E-state index contributed by atoms with van der Waals surface area (Å²) in [7, 11) is 0. The quantitative estimate of drug-likeness (QED) is 0.717. The van der Waals surface area contributed by atoms with Crippen LogP contribution in [0.5, 0.6) is 5.75 Å². The molecule has 0 atom stereocenters. The topological polar surface area (TPSA) is 51.3 Å². The normalized spacial score (nSPS) is 10.7. The van der Waals surface area contributed by atoms with Crippen molar-refractivity contribution in [1.82, 2.24) is 4.98 Å². The number of aromatic nitrogens is 1. The van der Waals surface area contributed by atoms with Gasteiger partial charge in [-0.3, -0.25) is 0 Å². The van der Waals surface area contributed by atoms with E-state index in [9.17, 15) is 4.79 Å². The lowest BCUT2D eigenvalue weighted by molar-refractivity contribution is 0.0520. The second-order valence-electron chi connectivity index (χ2n) is 5.38. The maximum absolute atomic E-state index is 11.8. The minimum absolute atomic E-state index is 0.338. The molecule has 0 aliphatic carbocycles. The predicted octanol–water partition coefficient (Wildman–Crippen LogP) is 4.23. The van der Waals surface area contributed by atoms with Gasteiger partial charge in [0.2, 0.25) is 0 Å². The third-order valence-corrected chi connectivity index (χ3v) is 3.66. The highest BCUT2D eigenvalue weighted by atomic mass is 16.5. The second kappa shape index (κ2) is 6.57. The minimum atomic E-state index is -0.338. The number of nitrogens with one attached hydrogen (secondary N) is 1. The number of aryl methyl sites for hydroxylation is 1. The first-order valence-electron chi connectivity index (χ1n) is 7.64. The molecule has 0 spiro atoms. The lowest BCUT2D eigenvalue weighted by atomic mass is 10.1. The lowest BCUT2D eigenvalue weighted by Gasteiger charge is -2.08. The summed E-state index contributed by atoms with van der Waals surface area (Å²) in [4.78, 5) is 14.9. The Morgan fingerprint density at radius 3 is 2.65 bits per heavy atom. The summed E-state index contributed by atoms with van der Waals surface area (Å²) >= 11 is 0. The molecule has 0 unspecified atom stereocenters. The fourth-order valence-electron chi connectivity index (χ4n) is 2.53. The first-order valence-corrected chi connectivity index (χ1v) is 7.64. The molecule has 3 aromatic rings. The van der Waals surface area contributed by atoms with Crippen molar-refractivity contribution in [2.75, 3.05) is 6.61 Å². The van der Waals surface area contributed by atoms with Crippen LogP contribution in [0, 0.1) is 6.92 Å². The summed E-state index contributed by atoms with van der Waals surface area (Å²) in [6, 6.07) is 15.7. The highest BCUT2D eigenvalue weighted by Crippen LogP contribution is 2.26. The van der Waals surface area contributed by atoms with E-state index in [4.69, 9.17) is 9.47 Å². The maximum Gasteiger partial charge on any atom is 0.354 e. The van der Waals surface area contributed by atoms with Crippen molar-refractivity contribution in [2.24, 2.45) is 0 Å². The van der Waals surface area contributed by atoms with Gasteiger partial charge in [0.25, 0.3) is 0 Å². The van der Waals surface area contributed by atoms with E-state index in [1.54, 1.807) is 6.92 Å². The van der Waals surface area contributed by atoms with E-state index in [1.165, 1.54) is 0 Å². The molecule has 4 heteroatoms. The number of H-pyrrole nitrogens is 1. The van der Waals surface area contributed by atoms with Gasteiger partial charge in [0, 0.05) is 17.0 Å². The fraction of sp³-hybridized carbons (Fsp3) is 0.211. The Morgan fingerprint density at radius 2 is 1.91 bits per heavy atom. The molecule has 1 aromatic heterocycles. The van der Waals surface area contributed by atoms with Crippen LogP contribution in [0.2, 0.25) is 0 Å². The van der Waals surface area contributed by atoms with E-state index >= 15 is 0 Å². The predicted molar refractivity (Wildman–Crippen MR) is 89.8 cm³/mol. The number of aromatic amines is 1. The average molecular weight is 309 g/mol. The van der Waals surface area contributed by atoms with Crippen molar-refractivity contribution in [3.8, 4) is 5.75 Å². The van der Waals surface area contributed by atoms with Crippen molar-refractivity contribution in [1.29, 1.82) is 0 Å². The first-order chi connectivity index (χ1) is 11.2. The number of carbonyl (C=O) groups excluding carboxylic acids is 1. The van der Waals surface area contributed by atoms with Crippen LogP contribution in [-0.2, 0) is 11.3 Å². The molecule has 118 valence electrons. The Labute approximate surface area is 135 Å². The van der Waals surface area contributed by atoms with Gasteiger partial charge in [-0.2, -0.15) is 0 Å². The largest absolute Gasteiger partial charge is 0.489 e. The highest BCUT2D eigenvalue weighted by Gasteiger charge is 2.12. The summed E-state index contributed by atoms with van der Waals surface area (Å²) < 4.78 is 10.9. The molecule has 0 saturated carbocycles. The number of fused-ring (bicyclic) bond motifs is 1. The molecule has 1 N–H and O–H groups in total. The number of ether oxygens (including phenoxy) is 2. The Balaban J connectivity index is 1.84. The Kier molecular flexibility index (Phi) is 4.33. The van der Waals surface area contributed by atoms with Crippen LogP contribution in [0.15, 0.2) is 48.5 Å². The lowest BCUT2D eigenvalue weighted by Crippen LogP contribution is -2.04. The first kappa shape index (κ1) is 15.2. The van der Waals surface area contributed by atoms with E-state index in [1.807, 2.05) is 55.5 Å². The van der Waals surface area contributed by atoms with Crippen LogP contribution in [0.4, 0.5) is 0 Å².